The van der Waals surface area contributed by atoms with Gasteiger partial charge in [0.1, 0.15) is 0 Å². The Hall–Kier alpha value is -2.96. The van der Waals surface area contributed by atoms with Gasteiger partial charge >= 0.3 is 0 Å². The summed E-state index contributed by atoms with van der Waals surface area (Å²) in [5, 5.41) is 10.7. The number of nitrogens with one attached hydrogen (secondary N) is 1. The lowest BCUT2D eigenvalue weighted by molar-refractivity contribution is -0.384. The molecule has 0 unspecified atom stereocenters. The van der Waals surface area contributed by atoms with Crippen molar-refractivity contribution < 1.29 is 9.72 Å². The lowest BCUT2D eigenvalue weighted by atomic mass is 10.1. The van der Waals surface area contributed by atoms with E-state index in [1.54, 1.807) is 19.2 Å². The van der Waals surface area contributed by atoms with Gasteiger partial charge in [-0.05, 0) is 11.6 Å². The molecule has 1 N–H and O–H groups in total. The molecule has 1 amide bonds. The number of non-ortho nitro benzene ring substituents is 1. The van der Waals surface area contributed by atoms with Crippen LogP contribution in [0.5, 0.6) is 0 Å². The molecule has 0 saturated carbocycles. The van der Waals surface area contributed by atoms with E-state index < -0.39 is 4.92 Å². The molecule has 1 aromatic heterocycles. The molecule has 1 aromatic carbocycles. The van der Waals surface area contributed by atoms with E-state index in [9.17, 15) is 19.7 Å². The average molecular weight is 287 g/mol. The molecular weight excluding hydrogens is 274 g/mol. The van der Waals surface area contributed by atoms with Crippen LogP contribution in [-0.2, 0) is 6.54 Å². The molecule has 7 nitrogen and oxygen atoms in total. The number of amides is 1. The minimum atomic E-state index is -0.484. The number of benzene rings is 1. The Morgan fingerprint density at radius 2 is 2.10 bits per heavy atom. The van der Waals surface area contributed by atoms with Crippen molar-refractivity contribution in [3.05, 3.63) is 74.2 Å². The first-order chi connectivity index (χ1) is 9.97. The topological polar surface area (TPSA) is 96.3 Å². The molecule has 0 bridgehead atoms. The number of nitrogens with zero attached hydrogens (tertiary/aromatic N) is 2. The van der Waals surface area contributed by atoms with Crippen molar-refractivity contribution in [2.75, 3.05) is 7.05 Å². The van der Waals surface area contributed by atoms with E-state index in [2.05, 4.69) is 4.98 Å². The highest BCUT2D eigenvalue weighted by molar-refractivity contribution is 5.93. The van der Waals surface area contributed by atoms with E-state index in [-0.39, 0.29) is 29.3 Å². The molecule has 21 heavy (non-hydrogen) atoms. The Balaban J connectivity index is 2.16. The van der Waals surface area contributed by atoms with Crippen LogP contribution in [0.3, 0.4) is 0 Å². The van der Waals surface area contributed by atoms with E-state index in [0.717, 1.165) is 0 Å². The maximum atomic E-state index is 12.2. The summed E-state index contributed by atoms with van der Waals surface area (Å²) in [6.45, 7) is 0.216. The van der Waals surface area contributed by atoms with Crippen LogP contribution < -0.4 is 5.56 Å². The second kappa shape index (κ2) is 6.00. The van der Waals surface area contributed by atoms with Gasteiger partial charge < -0.3 is 9.88 Å². The Morgan fingerprint density at radius 1 is 1.33 bits per heavy atom. The number of nitro benzene ring substituents is 1. The smallest absolute Gasteiger partial charge is 0.269 e. The van der Waals surface area contributed by atoms with Crippen LogP contribution in [0.2, 0.25) is 0 Å². The van der Waals surface area contributed by atoms with E-state index in [0.29, 0.717) is 5.56 Å². The standard InChI is InChI=1S/C14H13N3O4/c1-16(14(19)11-5-6-15-13(18)8-11)9-10-3-2-4-12(7-10)17(20)21/h2-8H,9H2,1H3,(H,15,18). The van der Waals surface area contributed by atoms with E-state index in [4.69, 9.17) is 0 Å². The van der Waals surface area contributed by atoms with Gasteiger partial charge in [-0.2, -0.15) is 0 Å². The number of H-pyrrole nitrogens is 1. The number of carbonyl (C=O) groups is 1. The maximum absolute atomic E-state index is 12.2. The number of aromatic amines is 1. The Kier molecular flexibility index (Phi) is 4.13. The van der Waals surface area contributed by atoms with E-state index >= 15 is 0 Å². The zero-order chi connectivity index (χ0) is 15.4. The molecule has 7 heteroatoms. The molecule has 0 spiro atoms. The van der Waals surface area contributed by atoms with Crippen molar-refractivity contribution in [2.45, 2.75) is 6.54 Å². The van der Waals surface area contributed by atoms with Crippen LogP contribution in [0.15, 0.2) is 47.4 Å². The first-order valence-corrected chi connectivity index (χ1v) is 6.15. The first-order valence-electron chi connectivity index (χ1n) is 6.15. The van der Waals surface area contributed by atoms with Gasteiger partial charge in [0.05, 0.1) is 4.92 Å². The second-order valence-electron chi connectivity index (χ2n) is 4.53. The lowest BCUT2D eigenvalue weighted by Crippen LogP contribution is -2.27. The highest BCUT2D eigenvalue weighted by atomic mass is 16.6. The van der Waals surface area contributed by atoms with Crippen LogP contribution in [-0.4, -0.2) is 27.8 Å². The number of rotatable bonds is 4. The summed E-state index contributed by atoms with van der Waals surface area (Å²) in [7, 11) is 1.57. The van der Waals surface area contributed by atoms with Crippen LogP contribution in [0.4, 0.5) is 5.69 Å². The number of pyridine rings is 1. The molecule has 0 aliphatic carbocycles. The van der Waals surface area contributed by atoms with E-state index in [1.165, 1.54) is 35.4 Å². The van der Waals surface area contributed by atoms with Crippen LogP contribution in [0, 0.1) is 10.1 Å². The number of carbonyl (C=O) groups excluding carboxylic acids is 1. The molecule has 2 rings (SSSR count). The second-order valence-corrected chi connectivity index (χ2v) is 4.53. The predicted octanol–water partition coefficient (Wildman–Crippen LogP) is 1.56. The first kappa shape index (κ1) is 14.4. The molecule has 1 heterocycles. The summed E-state index contributed by atoms with van der Waals surface area (Å²) >= 11 is 0. The van der Waals surface area contributed by atoms with Gasteiger partial charge in [0, 0.05) is 43.6 Å². The van der Waals surface area contributed by atoms with Gasteiger partial charge in [0.2, 0.25) is 5.56 Å². The van der Waals surface area contributed by atoms with Gasteiger partial charge in [-0.1, -0.05) is 12.1 Å². The minimum Gasteiger partial charge on any atom is -0.337 e. The summed E-state index contributed by atoms with van der Waals surface area (Å²) in [6, 6.07) is 8.80. The largest absolute Gasteiger partial charge is 0.337 e. The van der Waals surface area contributed by atoms with Crippen molar-refractivity contribution in [3.63, 3.8) is 0 Å². The summed E-state index contributed by atoms with van der Waals surface area (Å²) in [5.41, 5.74) is 0.533. The maximum Gasteiger partial charge on any atom is 0.269 e. The number of hydrogen-bond acceptors (Lipinski definition) is 4. The van der Waals surface area contributed by atoms with Crippen molar-refractivity contribution in [1.82, 2.24) is 9.88 Å². The Morgan fingerprint density at radius 3 is 2.76 bits per heavy atom. The molecule has 0 saturated heterocycles. The zero-order valence-electron chi connectivity index (χ0n) is 11.3. The van der Waals surface area contributed by atoms with Crippen molar-refractivity contribution in [2.24, 2.45) is 0 Å². The summed E-state index contributed by atoms with van der Waals surface area (Å²) in [4.78, 5) is 37.4. The third kappa shape index (κ3) is 3.53. The molecule has 108 valence electrons. The Labute approximate surface area is 120 Å². The molecule has 0 aliphatic rings. The molecule has 2 aromatic rings. The quantitative estimate of drug-likeness (QED) is 0.681. The van der Waals surface area contributed by atoms with Gasteiger partial charge in [0.15, 0.2) is 0 Å². The summed E-state index contributed by atoms with van der Waals surface area (Å²) < 4.78 is 0. The highest BCUT2D eigenvalue weighted by Gasteiger charge is 2.14. The summed E-state index contributed by atoms with van der Waals surface area (Å²) in [5.74, 6) is -0.326. The molecule has 0 aliphatic heterocycles. The lowest BCUT2D eigenvalue weighted by Gasteiger charge is -2.17. The highest BCUT2D eigenvalue weighted by Crippen LogP contribution is 2.15. The van der Waals surface area contributed by atoms with Gasteiger partial charge in [-0.25, -0.2) is 0 Å². The zero-order valence-corrected chi connectivity index (χ0v) is 11.3. The van der Waals surface area contributed by atoms with Crippen molar-refractivity contribution in [1.29, 1.82) is 0 Å². The van der Waals surface area contributed by atoms with Crippen molar-refractivity contribution in [3.8, 4) is 0 Å². The fraction of sp³-hybridized carbons (Fsp3) is 0.143. The molecular formula is C14H13N3O4. The molecule has 0 radical (unpaired) electrons. The van der Waals surface area contributed by atoms with E-state index in [1.807, 2.05) is 0 Å². The van der Waals surface area contributed by atoms with Gasteiger partial charge in [0.25, 0.3) is 11.6 Å². The number of hydrogen-bond donors (Lipinski definition) is 1. The SMILES string of the molecule is CN(Cc1cccc([N+](=O)[O-])c1)C(=O)c1cc[nH]c(=O)c1. The van der Waals surface area contributed by atoms with Crippen molar-refractivity contribution >= 4 is 11.6 Å². The van der Waals surface area contributed by atoms with Crippen LogP contribution in [0.25, 0.3) is 0 Å². The van der Waals surface area contributed by atoms with Crippen LogP contribution in [0.1, 0.15) is 15.9 Å². The minimum absolute atomic E-state index is 0.0236. The van der Waals surface area contributed by atoms with Gasteiger partial charge in [-0.15, -0.1) is 0 Å². The Bertz CT molecular complexity index is 739. The fourth-order valence-corrected chi connectivity index (χ4v) is 1.91. The number of aromatic nitrogens is 1. The predicted molar refractivity (Wildman–Crippen MR) is 76.0 cm³/mol. The van der Waals surface area contributed by atoms with Gasteiger partial charge in [-0.3, -0.25) is 19.7 Å². The fourth-order valence-electron chi connectivity index (χ4n) is 1.91. The van der Waals surface area contributed by atoms with Crippen LogP contribution >= 0.6 is 0 Å². The molecule has 0 atom stereocenters. The third-order valence-corrected chi connectivity index (χ3v) is 2.91. The average Bonchev–Trinajstić information content (AvgIpc) is 2.46. The normalized spacial score (nSPS) is 10.1. The monoisotopic (exact) mass is 287 g/mol. The molecule has 0 fully saturated rings. The summed E-state index contributed by atoms with van der Waals surface area (Å²) in [6.07, 6.45) is 1.40. The number of nitro groups is 1. The third-order valence-electron chi connectivity index (χ3n) is 2.91.